The van der Waals surface area contributed by atoms with Crippen LogP contribution in [0.1, 0.15) is 12.0 Å². The Morgan fingerprint density at radius 3 is 2.61 bits per heavy atom. The van der Waals surface area contributed by atoms with Gasteiger partial charge in [0.25, 0.3) is 0 Å². The van der Waals surface area contributed by atoms with Crippen molar-refractivity contribution in [3.8, 4) is 0 Å². The summed E-state index contributed by atoms with van der Waals surface area (Å²) < 4.78 is 31.9. The number of ether oxygens (including phenoxy) is 1. The van der Waals surface area contributed by atoms with Gasteiger partial charge in [0, 0.05) is 38.1 Å². The largest absolute Gasteiger partial charge is 0.379 e. The fraction of sp³-hybridized carbons (Fsp3) is 0.529. The quantitative estimate of drug-likeness (QED) is 0.820. The van der Waals surface area contributed by atoms with Gasteiger partial charge in [0.2, 0.25) is 10.0 Å². The van der Waals surface area contributed by atoms with Gasteiger partial charge in [-0.15, -0.1) is 0 Å². The van der Waals surface area contributed by atoms with E-state index in [-0.39, 0.29) is 0 Å². The second kappa shape index (κ2) is 7.57. The van der Waals surface area contributed by atoms with Crippen molar-refractivity contribution in [2.75, 3.05) is 45.9 Å². The first-order valence-corrected chi connectivity index (χ1v) is 9.67. The zero-order chi connectivity index (χ0) is 16.1. The molecule has 0 aromatic heterocycles. The molecule has 5 nitrogen and oxygen atoms in total. The summed E-state index contributed by atoms with van der Waals surface area (Å²) in [6.07, 6.45) is 2.61. The zero-order valence-corrected chi connectivity index (χ0v) is 14.1. The van der Waals surface area contributed by atoms with Gasteiger partial charge in [-0.05, 0) is 24.0 Å². The second-order valence-electron chi connectivity index (χ2n) is 6.18. The van der Waals surface area contributed by atoms with Crippen LogP contribution in [0.15, 0.2) is 35.7 Å². The van der Waals surface area contributed by atoms with Gasteiger partial charge in [0.15, 0.2) is 0 Å². The van der Waals surface area contributed by atoms with Crippen molar-refractivity contribution in [3.63, 3.8) is 0 Å². The summed E-state index contributed by atoms with van der Waals surface area (Å²) in [5, 5.41) is 1.33. The Morgan fingerprint density at radius 1 is 1.13 bits per heavy atom. The number of nitrogens with zero attached hydrogens (tertiary/aromatic N) is 2. The standard InChI is InChI=1S/C17H24N2O3S/c20-23(21,13-7-16-4-2-1-3-5-16)19-8-6-17(15-19)14-18-9-11-22-12-10-18/h1-5,7,13,17H,6,8-12,14-15H2/b13-7-/t17-/m0/s1. The van der Waals surface area contributed by atoms with Crippen molar-refractivity contribution in [3.05, 3.63) is 41.3 Å². The maximum Gasteiger partial charge on any atom is 0.236 e. The molecule has 1 aromatic carbocycles. The molecule has 126 valence electrons. The minimum Gasteiger partial charge on any atom is -0.379 e. The van der Waals surface area contributed by atoms with Gasteiger partial charge in [0.1, 0.15) is 0 Å². The molecule has 1 atom stereocenters. The zero-order valence-electron chi connectivity index (χ0n) is 13.3. The Kier molecular flexibility index (Phi) is 5.48. The molecule has 0 amide bonds. The molecule has 0 saturated carbocycles. The minimum absolute atomic E-state index is 0.424. The summed E-state index contributed by atoms with van der Waals surface area (Å²) in [5.41, 5.74) is 0.903. The number of rotatable bonds is 5. The fourth-order valence-corrected chi connectivity index (χ4v) is 4.42. The lowest BCUT2D eigenvalue weighted by Crippen LogP contribution is -2.40. The number of morpholine rings is 1. The van der Waals surface area contributed by atoms with Crippen LogP contribution in [0.25, 0.3) is 6.08 Å². The minimum atomic E-state index is -3.32. The summed E-state index contributed by atoms with van der Waals surface area (Å²) in [4.78, 5) is 2.38. The maximum atomic E-state index is 12.4. The van der Waals surface area contributed by atoms with Gasteiger partial charge in [-0.3, -0.25) is 4.90 Å². The van der Waals surface area contributed by atoms with Crippen molar-refractivity contribution >= 4 is 16.1 Å². The van der Waals surface area contributed by atoms with Crippen molar-refractivity contribution in [2.24, 2.45) is 5.92 Å². The molecule has 0 aliphatic carbocycles. The third kappa shape index (κ3) is 4.64. The van der Waals surface area contributed by atoms with Crippen LogP contribution in [-0.4, -0.2) is 63.6 Å². The van der Waals surface area contributed by atoms with Gasteiger partial charge in [-0.25, -0.2) is 8.42 Å². The smallest absolute Gasteiger partial charge is 0.236 e. The Hall–Kier alpha value is -1.21. The highest BCUT2D eigenvalue weighted by Gasteiger charge is 2.31. The number of hydrogen-bond donors (Lipinski definition) is 0. The molecule has 6 heteroatoms. The van der Waals surface area contributed by atoms with Crippen molar-refractivity contribution < 1.29 is 13.2 Å². The lowest BCUT2D eigenvalue weighted by molar-refractivity contribution is 0.0316. The lowest BCUT2D eigenvalue weighted by Gasteiger charge is -2.28. The van der Waals surface area contributed by atoms with Crippen LogP contribution in [0.4, 0.5) is 0 Å². The molecular formula is C17H24N2O3S. The Bertz CT molecular complexity index is 624. The first kappa shape index (κ1) is 16.6. The van der Waals surface area contributed by atoms with Gasteiger partial charge < -0.3 is 4.74 Å². The van der Waals surface area contributed by atoms with Crippen LogP contribution in [-0.2, 0) is 14.8 Å². The van der Waals surface area contributed by atoms with E-state index < -0.39 is 10.0 Å². The van der Waals surface area contributed by atoms with E-state index in [1.807, 2.05) is 30.3 Å². The molecule has 0 bridgehead atoms. The third-order valence-corrected chi connectivity index (χ3v) is 5.99. The van der Waals surface area contributed by atoms with Crippen LogP contribution >= 0.6 is 0 Å². The van der Waals surface area contributed by atoms with Gasteiger partial charge >= 0.3 is 0 Å². The third-order valence-electron chi connectivity index (χ3n) is 4.46. The molecule has 1 aromatic rings. The molecule has 2 fully saturated rings. The average molecular weight is 336 g/mol. The predicted molar refractivity (Wildman–Crippen MR) is 91.3 cm³/mol. The van der Waals surface area contributed by atoms with E-state index in [1.165, 1.54) is 5.41 Å². The second-order valence-corrected chi connectivity index (χ2v) is 8.00. The molecule has 2 aliphatic heterocycles. The van der Waals surface area contributed by atoms with Crippen molar-refractivity contribution in [1.29, 1.82) is 0 Å². The SMILES string of the molecule is O=S(=O)(/C=C\c1ccccc1)N1CC[C@@H](CN2CCOCC2)C1. The van der Waals surface area contributed by atoms with Crippen LogP contribution in [0.2, 0.25) is 0 Å². The predicted octanol–water partition coefficient (Wildman–Crippen LogP) is 1.64. The van der Waals surface area contributed by atoms with Crippen molar-refractivity contribution in [1.82, 2.24) is 9.21 Å². The Labute approximate surface area is 138 Å². The highest BCUT2D eigenvalue weighted by Crippen LogP contribution is 2.22. The van der Waals surface area contributed by atoms with Crippen LogP contribution < -0.4 is 0 Å². The lowest BCUT2D eigenvalue weighted by atomic mass is 10.1. The van der Waals surface area contributed by atoms with Crippen LogP contribution in [0.3, 0.4) is 0 Å². The average Bonchev–Trinajstić information content (AvgIpc) is 3.04. The van der Waals surface area contributed by atoms with Crippen LogP contribution in [0, 0.1) is 5.92 Å². The molecule has 0 N–H and O–H groups in total. The van der Waals surface area contributed by atoms with Crippen molar-refractivity contribution in [2.45, 2.75) is 6.42 Å². The van der Waals surface area contributed by atoms with E-state index in [0.717, 1.165) is 44.8 Å². The summed E-state index contributed by atoms with van der Waals surface area (Å²) >= 11 is 0. The van der Waals surface area contributed by atoms with E-state index in [9.17, 15) is 8.42 Å². The van der Waals surface area contributed by atoms with E-state index in [4.69, 9.17) is 4.74 Å². The van der Waals surface area contributed by atoms with Gasteiger partial charge in [-0.1, -0.05) is 30.3 Å². The summed E-state index contributed by atoms with van der Waals surface area (Å²) in [6.45, 7) is 5.70. The molecule has 0 unspecified atom stereocenters. The normalized spacial score (nSPS) is 24.4. The van der Waals surface area contributed by atoms with E-state index in [2.05, 4.69) is 4.90 Å². The summed E-state index contributed by atoms with van der Waals surface area (Å²) in [7, 11) is -3.32. The monoisotopic (exact) mass is 336 g/mol. The Morgan fingerprint density at radius 2 is 1.87 bits per heavy atom. The molecule has 23 heavy (non-hydrogen) atoms. The van der Waals surface area contributed by atoms with Gasteiger partial charge in [0.05, 0.1) is 13.2 Å². The first-order valence-electron chi connectivity index (χ1n) is 8.17. The van der Waals surface area contributed by atoms with E-state index >= 15 is 0 Å². The molecule has 0 spiro atoms. The molecule has 2 saturated heterocycles. The highest BCUT2D eigenvalue weighted by atomic mass is 32.2. The first-order chi connectivity index (χ1) is 11.1. The van der Waals surface area contributed by atoms with Gasteiger partial charge in [-0.2, -0.15) is 4.31 Å². The molecule has 0 radical (unpaired) electrons. The molecule has 3 rings (SSSR count). The molecular weight excluding hydrogens is 312 g/mol. The van der Waals surface area contributed by atoms with Crippen LogP contribution in [0.5, 0.6) is 0 Å². The molecule has 2 heterocycles. The number of benzene rings is 1. The number of sulfonamides is 1. The Balaban J connectivity index is 1.55. The highest BCUT2D eigenvalue weighted by molar-refractivity contribution is 7.92. The summed E-state index contributed by atoms with van der Waals surface area (Å²) in [6, 6.07) is 9.53. The fourth-order valence-electron chi connectivity index (χ4n) is 3.14. The topological polar surface area (TPSA) is 49.9 Å². The maximum absolute atomic E-state index is 12.4. The number of hydrogen-bond acceptors (Lipinski definition) is 4. The van der Waals surface area contributed by atoms with E-state index in [1.54, 1.807) is 10.4 Å². The van der Waals surface area contributed by atoms with E-state index in [0.29, 0.717) is 19.0 Å². The summed E-state index contributed by atoms with van der Waals surface area (Å²) in [5.74, 6) is 0.424. The molecule has 2 aliphatic rings.